The number of nitrogens with zero attached hydrogens (tertiary/aromatic N) is 1. The van der Waals surface area contributed by atoms with Crippen molar-refractivity contribution in [2.24, 2.45) is 0 Å². The summed E-state index contributed by atoms with van der Waals surface area (Å²) in [6, 6.07) is 17.7. The van der Waals surface area contributed by atoms with Crippen LogP contribution in [0.1, 0.15) is 11.1 Å². The van der Waals surface area contributed by atoms with E-state index >= 15 is 0 Å². The summed E-state index contributed by atoms with van der Waals surface area (Å²) in [7, 11) is -2.71. The molecule has 0 unspecified atom stereocenters. The Kier molecular flexibility index (Phi) is 6.71. The van der Waals surface area contributed by atoms with E-state index in [4.69, 9.17) is 8.92 Å². The van der Waals surface area contributed by atoms with Gasteiger partial charge in [0, 0.05) is 0 Å². The third-order valence-electron chi connectivity index (χ3n) is 4.84. The van der Waals surface area contributed by atoms with Crippen LogP contribution in [0.2, 0.25) is 0 Å². The third-order valence-corrected chi connectivity index (χ3v) is 7.00. The van der Waals surface area contributed by atoms with Gasteiger partial charge in [0.25, 0.3) is 11.1 Å². The van der Waals surface area contributed by atoms with E-state index in [1.165, 1.54) is 61.7 Å². The molecule has 3 aromatic rings. The van der Waals surface area contributed by atoms with Crippen LogP contribution in [0.3, 0.4) is 0 Å². The highest BCUT2D eigenvalue weighted by molar-refractivity contribution is 8.18. The number of hydrogen-bond acceptors (Lipinski definition) is 7. The van der Waals surface area contributed by atoms with Gasteiger partial charge in [-0.1, -0.05) is 36.4 Å². The number of rotatable bonds is 7. The van der Waals surface area contributed by atoms with Crippen LogP contribution >= 0.6 is 11.8 Å². The highest BCUT2D eigenvalue weighted by atomic mass is 32.2. The Balaban J connectivity index is 1.54. The molecule has 0 aliphatic carbocycles. The molecule has 1 heterocycles. The quantitative estimate of drug-likeness (QED) is 0.339. The average molecular weight is 500 g/mol. The summed E-state index contributed by atoms with van der Waals surface area (Å²) in [5.41, 5.74) is 1.13. The Labute approximate surface area is 199 Å². The van der Waals surface area contributed by atoms with E-state index in [2.05, 4.69) is 0 Å². The topological polar surface area (TPSA) is 90.0 Å². The zero-order valence-electron chi connectivity index (χ0n) is 17.8. The van der Waals surface area contributed by atoms with Crippen LogP contribution in [0.15, 0.2) is 82.6 Å². The van der Waals surface area contributed by atoms with Gasteiger partial charge in [-0.15, -0.1) is 0 Å². The van der Waals surface area contributed by atoms with Crippen LogP contribution < -0.4 is 8.92 Å². The maximum absolute atomic E-state index is 13.1. The number of benzene rings is 3. The standard InChI is InChI=1S/C24H18FNO6S2/c1-31-21-13-17(9-12-20(21)32-34(29,30)19-5-3-2-4-6-19)14-22-23(27)26(24(28)33-22)15-16-7-10-18(25)11-8-16/h2-14H,15H2,1H3/b22-14-. The molecule has 1 fully saturated rings. The number of ether oxygens (including phenoxy) is 1. The Hall–Kier alpha value is -3.63. The second-order valence-corrected chi connectivity index (χ2v) is 9.69. The van der Waals surface area contributed by atoms with Crippen molar-refractivity contribution in [1.82, 2.24) is 4.90 Å². The lowest BCUT2D eigenvalue weighted by Crippen LogP contribution is -2.27. The minimum Gasteiger partial charge on any atom is -0.493 e. The van der Waals surface area contributed by atoms with Crippen LogP contribution in [-0.2, 0) is 21.5 Å². The summed E-state index contributed by atoms with van der Waals surface area (Å²) in [5.74, 6) is -0.771. The molecular formula is C24H18FNO6S2. The fourth-order valence-electron chi connectivity index (χ4n) is 3.16. The zero-order valence-corrected chi connectivity index (χ0v) is 19.4. The van der Waals surface area contributed by atoms with E-state index < -0.39 is 27.1 Å². The first-order valence-electron chi connectivity index (χ1n) is 9.94. The molecule has 174 valence electrons. The molecule has 10 heteroatoms. The van der Waals surface area contributed by atoms with Crippen molar-refractivity contribution in [1.29, 1.82) is 0 Å². The predicted octanol–water partition coefficient (Wildman–Crippen LogP) is 4.84. The maximum Gasteiger partial charge on any atom is 0.339 e. The summed E-state index contributed by atoms with van der Waals surface area (Å²) < 4.78 is 48.6. The lowest BCUT2D eigenvalue weighted by molar-refractivity contribution is -0.123. The van der Waals surface area contributed by atoms with Gasteiger partial charge in [-0.25, -0.2) is 4.39 Å². The van der Waals surface area contributed by atoms with Crippen molar-refractivity contribution < 1.29 is 31.3 Å². The normalized spacial score (nSPS) is 15.1. The first-order chi connectivity index (χ1) is 16.3. The first kappa shape index (κ1) is 23.5. The van der Waals surface area contributed by atoms with Crippen molar-refractivity contribution in [3.05, 3.63) is 94.6 Å². The van der Waals surface area contributed by atoms with Crippen LogP contribution in [0.5, 0.6) is 11.5 Å². The van der Waals surface area contributed by atoms with Crippen LogP contribution in [0.4, 0.5) is 9.18 Å². The Morgan fingerprint density at radius 1 is 0.971 bits per heavy atom. The van der Waals surface area contributed by atoms with E-state index in [0.29, 0.717) is 11.1 Å². The SMILES string of the molecule is COc1cc(/C=C2\SC(=O)N(Cc3ccc(F)cc3)C2=O)ccc1OS(=O)(=O)c1ccccc1. The Morgan fingerprint density at radius 3 is 2.35 bits per heavy atom. The third kappa shape index (κ3) is 5.13. The minimum absolute atomic E-state index is 0.00374. The van der Waals surface area contributed by atoms with Gasteiger partial charge in [0.15, 0.2) is 11.5 Å². The van der Waals surface area contributed by atoms with Crippen molar-refractivity contribution >= 4 is 39.1 Å². The highest BCUT2D eigenvalue weighted by Crippen LogP contribution is 2.36. The summed E-state index contributed by atoms with van der Waals surface area (Å²) in [6.45, 7) is 0.0235. The monoisotopic (exact) mass is 499 g/mol. The van der Waals surface area contributed by atoms with E-state index in [9.17, 15) is 22.4 Å². The van der Waals surface area contributed by atoms with Gasteiger partial charge >= 0.3 is 10.1 Å². The molecule has 0 aromatic heterocycles. The van der Waals surface area contributed by atoms with Crippen LogP contribution in [0, 0.1) is 5.82 Å². The van der Waals surface area contributed by atoms with Gasteiger partial charge in [-0.3, -0.25) is 14.5 Å². The minimum atomic E-state index is -4.07. The van der Waals surface area contributed by atoms with Gasteiger partial charge in [-0.05, 0) is 65.4 Å². The molecular weight excluding hydrogens is 481 g/mol. The van der Waals surface area contributed by atoms with Crippen molar-refractivity contribution in [2.45, 2.75) is 11.4 Å². The molecule has 2 amide bonds. The largest absolute Gasteiger partial charge is 0.493 e. The van der Waals surface area contributed by atoms with Gasteiger partial charge in [0.1, 0.15) is 10.7 Å². The molecule has 0 spiro atoms. The summed E-state index contributed by atoms with van der Waals surface area (Å²) in [4.78, 5) is 26.4. The van der Waals surface area contributed by atoms with Crippen molar-refractivity contribution in [3.8, 4) is 11.5 Å². The van der Waals surface area contributed by atoms with Gasteiger partial charge in [-0.2, -0.15) is 8.42 Å². The molecule has 3 aromatic carbocycles. The maximum atomic E-state index is 13.1. The number of carbonyl (C=O) groups is 2. The summed E-state index contributed by atoms with van der Waals surface area (Å²) in [5, 5.41) is -0.443. The zero-order chi connectivity index (χ0) is 24.3. The smallest absolute Gasteiger partial charge is 0.339 e. The molecule has 7 nitrogen and oxygen atoms in total. The first-order valence-corrected chi connectivity index (χ1v) is 12.2. The fraction of sp³-hybridized carbons (Fsp3) is 0.0833. The highest BCUT2D eigenvalue weighted by Gasteiger charge is 2.35. The predicted molar refractivity (Wildman–Crippen MR) is 125 cm³/mol. The lowest BCUT2D eigenvalue weighted by Gasteiger charge is -2.12. The summed E-state index contributed by atoms with van der Waals surface area (Å²) >= 11 is 0.780. The molecule has 4 rings (SSSR count). The molecule has 0 bridgehead atoms. The number of halogens is 1. The van der Waals surface area contributed by atoms with E-state index in [1.807, 2.05) is 0 Å². The number of amides is 2. The Morgan fingerprint density at radius 2 is 1.68 bits per heavy atom. The Bertz CT molecular complexity index is 1370. The molecule has 0 saturated carbocycles. The second kappa shape index (κ2) is 9.70. The molecule has 1 aliphatic heterocycles. The molecule has 0 N–H and O–H groups in total. The van der Waals surface area contributed by atoms with E-state index in [-0.39, 0.29) is 27.8 Å². The van der Waals surface area contributed by atoms with Crippen molar-refractivity contribution in [3.63, 3.8) is 0 Å². The summed E-state index contributed by atoms with van der Waals surface area (Å²) in [6.07, 6.45) is 1.51. The lowest BCUT2D eigenvalue weighted by atomic mass is 10.1. The number of imide groups is 1. The van der Waals surface area contributed by atoms with Crippen LogP contribution in [-0.4, -0.2) is 31.6 Å². The fourth-order valence-corrected chi connectivity index (χ4v) is 4.96. The van der Waals surface area contributed by atoms with Crippen LogP contribution in [0.25, 0.3) is 6.08 Å². The molecule has 1 aliphatic rings. The van der Waals surface area contributed by atoms with Gasteiger partial charge in [0.05, 0.1) is 18.6 Å². The molecule has 0 atom stereocenters. The van der Waals surface area contributed by atoms with E-state index in [1.54, 1.807) is 24.3 Å². The van der Waals surface area contributed by atoms with Crippen molar-refractivity contribution in [2.75, 3.05) is 7.11 Å². The van der Waals surface area contributed by atoms with Gasteiger partial charge < -0.3 is 8.92 Å². The second-order valence-electron chi connectivity index (χ2n) is 7.16. The van der Waals surface area contributed by atoms with Gasteiger partial charge in [0.2, 0.25) is 0 Å². The number of thioether (sulfide) groups is 1. The molecule has 34 heavy (non-hydrogen) atoms. The molecule has 1 saturated heterocycles. The number of hydrogen-bond donors (Lipinski definition) is 0. The number of methoxy groups -OCH3 is 1. The molecule has 0 radical (unpaired) electrons. The average Bonchev–Trinajstić information content (AvgIpc) is 3.09. The van der Waals surface area contributed by atoms with E-state index in [0.717, 1.165) is 16.7 Å². The number of carbonyl (C=O) groups excluding carboxylic acids is 2.